The highest BCUT2D eigenvalue weighted by Gasteiger charge is 2.14. The molecule has 0 aromatic heterocycles. The monoisotopic (exact) mass is 216 g/mol. The van der Waals surface area contributed by atoms with Crippen molar-refractivity contribution in [1.82, 2.24) is 5.32 Å². The Kier molecular flexibility index (Phi) is 6.52. The van der Waals surface area contributed by atoms with Crippen LogP contribution in [0.3, 0.4) is 0 Å². The SMILES string of the molecule is COCCC(C)NC(=O)CCC(C)(C)N. The normalized spacial score (nSPS) is 13.7. The maximum absolute atomic E-state index is 11.5. The Labute approximate surface area is 92.6 Å². The molecule has 4 nitrogen and oxygen atoms in total. The zero-order chi connectivity index (χ0) is 11.9. The largest absolute Gasteiger partial charge is 0.385 e. The number of rotatable bonds is 7. The van der Waals surface area contributed by atoms with E-state index in [9.17, 15) is 4.79 Å². The van der Waals surface area contributed by atoms with Gasteiger partial charge in [0.05, 0.1) is 0 Å². The number of hydrogen-bond acceptors (Lipinski definition) is 3. The van der Waals surface area contributed by atoms with Crippen LogP contribution in [0, 0.1) is 0 Å². The summed E-state index contributed by atoms with van der Waals surface area (Å²) in [7, 11) is 1.66. The van der Waals surface area contributed by atoms with Crippen LogP contribution in [0.15, 0.2) is 0 Å². The molecule has 0 heterocycles. The Morgan fingerprint density at radius 3 is 2.60 bits per heavy atom. The number of hydrogen-bond donors (Lipinski definition) is 2. The van der Waals surface area contributed by atoms with Crippen molar-refractivity contribution in [3.8, 4) is 0 Å². The molecule has 1 atom stereocenters. The molecule has 0 aromatic carbocycles. The second-order valence-electron chi connectivity index (χ2n) is 4.74. The highest BCUT2D eigenvalue weighted by molar-refractivity contribution is 5.76. The molecular formula is C11H24N2O2. The average Bonchev–Trinajstić information content (AvgIpc) is 2.10. The Morgan fingerprint density at radius 2 is 2.13 bits per heavy atom. The van der Waals surface area contributed by atoms with E-state index in [1.165, 1.54) is 0 Å². The standard InChI is InChI=1S/C11H24N2O2/c1-9(6-8-15-4)13-10(14)5-7-11(2,3)12/h9H,5-8,12H2,1-4H3,(H,13,14). The van der Waals surface area contributed by atoms with Gasteiger partial charge in [-0.05, 0) is 33.6 Å². The molecule has 0 aromatic rings. The second-order valence-corrected chi connectivity index (χ2v) is 4.74. The third-order valence-corrected chi connectivity index (χ3v) is 2.16. The number of amides is 1. The summed E-state index contributed by atoms with van der Waals surface area (Å²) in [6.07, 6.45) is 2.03. The zero-order valence-electron chi connectivity index (χ0n) is 10.3. The van der Waals surface area contributed by atoms with Crippen LogP contribution < -0.4 is 11.1 Å². The van der Waals surface area contributed by atoms with Gasteiger partial charge in [-0.1, -0.05) is 0 Å². The van der Waals surface area contributed by atoms with Crippen LogP contribution in [0.25, 0.3) is 0 Å². The fraction of sp³-hybridized carbons (Fsp3) is 0.909. The molecule has 0 saturated carbocycles. The first kappa shape index (κ1) is 14.4. The Bertz CT molecular complexity index is 188. The minimum atomic E-state index is -0.271. The van der Waals surface area contributed by atoms with Crippen LogP contribution in [0.5, 0.6) is 0 Å². The molecule has 0 aliphatic rings. The van der Waals surface area contributed by atoms with Crippen LogP contribution in [-0.2, 0) is 9.53 Å². The summed E-state index contributed by atoms with van der Waals surface area (Å²) >= 11 is 0. The number of methoxy groups -OCH3 is 1. The maximum atomic E-state index is 11.5. The molecule has 1 unspecified atom stereocenters. The van der Waals surface area contributed by atoms with Gasteiger partial charge in [0.15, 0.2) is 0 Å². The summed E-state index contributed by atoms with van der Waals surface area (Å²) in [5.74, 6) is 0.0668. The fourth-order valence-corrected chi connectivity index (χ4v) is 1.15. The summed E-state index contributed by atoms with van der Waals surface area (Å²) in [6.45, 7) is 6.50. The highest BCUT2D eigenvalue weighted by Crippen LogP contribution is 2.06. The summed E-state index contributed by atoms with van der Waals surface area (Å²) in [6, 6.07) is 0.165. The van der Waals surface area contributed by atoms with Crippen molar-refractivity contribution < 1.29 is 9.53 Å². The van der Waals surface area contributed by atoms with Crippen LogP contribution in [0.4, 0.5) is 0 Å². The van der Waals surface area contributed by atoms with Crippen LogP contribution in [0.2, 0.25) is 0 Å². The Hall–Kier alpha value is -0.610. The molecule has 0 saturated heterocycles. The van der Waals surface area contributed by atoms with Crippen LogP contribution in [0.1, 0.15) is 40.0 Å². The van der Waals surface area contributed by atoms with E-state index in [2.05, 4.69) is 5.32 Å². The van der Waals surface area contributed by atoms with Crippen molar-refractivity contribution >= 4 is 5.91 Å². The number of nitrogens with one attached hydrogen (secondary N) is 1. The van der Waals surface area contributed by atoms with E-state index >= 15 is 0 Å². The lowest BCUT2D eigenvalue weighted by atomic mass is 10.00. The third-order valence-electron chi connectivity index (χ3n) is 2.16. The lowest BCUT2D eigenvalue weighted by molar-refractivity contribution is -0.122. The van der Waals surface area contributed by atoms with Gasteiger partial charge in [-0.25, -0.2) is 0 Å². The molecule has 0 fully saturated rings. The number of nitrogens with two attached hydrogens (primary N) is 1. The fourth-order valence-electron chi connectivity index (χ4n) is 1.15. The summed E-state index contributed by atoms with van der Waals surface area (Å²) < 4.78 is 4.94. The van der Waals surface area contributed by atoms with E-state index in [-0.39, 0.29) is 17.5 Å². The first-order valence-corrected chi connectivity index (χ1v) is 5.42. The molecule has 0 bridgehead atoms. The first-order valence-electron chi connectivity index (χ1n) is 5.42. The highest BCUT2D eigenvalue weighted by atomic mass is 16.5. The van der Waals surface area contributed by atoms with Crippen LogP contribution in [-0.4, -0.2) is 31.2 Å². The molecule has 0 aliphatic carbocycles. The zero-order valence-corrected chi connectivity index (χ0v) is 10.3. The predicted octanol–water partition coefficient (Wildman–Crippen LogP) is 1.05. The molecule has 1 amide bonds. The first-order chi connectivity index (χ1) is 6.85. The summed E-state index contributed by atoms with van der Waals surface area (Å²) in [4.78, 5) is 11.5. The van der Waals surface area contributed by atoms with Crippen molar-refractivity contribution in [2.45, 2.75) is 51.6 Å². The van der Waals surface area contributed by atoms with Gasteiger partial charge in [-0.15, -0.1) is 0 Å². The Balaban J connectivity index is 3.64. The molecule has 0 radical (unpaired) electrons. The molecule has 0 aliphatic heterocycles. The lowest BCUT2D eigenvalue weighted by Crippen LogP contribution is -2.37. The van der Waals surface area contributed by atoms with Crippen molar-refractivity contribution in [3.63, 3.8) is 0 Å². The van der Waals surface area contributed by atoms with E-state index in [0.717, 1.165) is 6.42 Å². The van der Waals surface area contributed by atoms with E-state index in [0.29, 0.717) is 19.4 Å². The van der Waals surface area contributed by atoms with Gasteiger partial charge in [-0.3, -0.25) is 4.79 Å². The van der Waals surface area contributed by atoms with Gasteiger partial charge < -0.3 is 15.8 Å². The van der Waals surface area contributed by atoms with Gasteiger partial charge >= 0.3 is 0 Å². The molecule has 15 heavy (non-hydrogen) atoms. The Morgan fingerprint density at radius 1 is 1.53 bits per heavy atom. The molecule has 0 spiro atoms. The number of carbonyl (C=O) groups is 1. The summed E-state index contributed by atoms with van der Waals surface area (Å²) in [5.41, 5.74) is 5.52. The number of ether oxygens (including phenoxy) is 1. The van der Waals surface area contributed by atoms with Gasteiger partial charge in [0.1, 0.15) is 0 Å². The second kappa shape index (κ2) is 6.80. The van der Waals surface area contributed by atoms with E-state index in [4.69, 9.17) is 10.5 Å². The average molecular weight is 216 g/mol. The van der Waals surface area contributed by atoms with Crippen molar-refractivity contribution in [2.24, 2.45) is 5.73 Å². The third kappa shape index (κ3) is 9.69. The molecule has 3 N–H and O–H groups in total. The van der Waals surface area contributed by atoms with Crippen molar-refractivity contribution in [1.29, 1.82) is 0 Å². The van der Waals surface area contributed by atoms with Gasteiger partial charge in [0.25, 0.3) is 0 Å². The molecule has 0 rings (SSSR count). The quantitative estimate of drug-likeness (QED) is 0.668. The molecule has 90 valence electrons. The molecular weight excluding hydrogens is 192 g/mol. The minimum Gasteiger partial charge on any atom is -0.385 e. The maximum Gasteiger partial charge on any atom is 0.220 e. The van der Waals surface area contributed by atoms with E-state index in [1.807, 2.05) is 20.8 Å². The predicted molar refractivity (Wildman–Crippen MR) is 61.6 cm³/mol. The van der Waals surface area contributed by atoms with E-state index in [1.54, 1.807) is 7.11 Å². The van der Waals surface area contributed by atoms with Crippen molar-refractivity contribution in [3.05, 3.63) is 0 Å². The minimum absolute atomic E-state index is 0.0668. The molecule has 4 heteroatoms. The summed E-state index contributed by atoms with van der Waals surface area (Å²) in [5, 5.41) is 2.91. The van der Waals surface area contributed by atoms with Gasteiger partial charge in [0.2, 0.25) is 5.91 Å². The van der Waals surface area contributed by atoms with Gasteiger partial charge in [0, 0.05) is 31.7 Å². The van der Waals surface area contributed by atoms with Crippen molar-refractivity contribution in [2.75, 3.05) is 13.7 Å². The lowest BCUT2D eigenvalue weighted by Gasteiger charge is -2.19. The smallest absolute Gasteiger partial charge is 0.220 e. The topological polar surface area (TPSA) is 64.3 Å². The van der Waals surface area contributed by atoms with Crippen LogP contribution >= 0.6 is 0 Å². The van der Waals surface area contributed by atoms with E-state index < -0.39 is 0 Å². The van der Waals surface area contributed by atoms with Gasteiger partial charge in [-0.2, -0.15) is 0 Å². The number of carbonyl (C=O) groups excluding carboxylic acids is 1.